The number of nitrogen functional groups attached to an aromatic ring is 1. The Kier molecular flexibility index (Phi) is 2.68. The van der Waals surface area contributed by atoms with Gasteiger partial charge < -0.3 is 19.6 Å². The number of benzene rings is 1. The summed E-state index contributed by atoms with van der Waals surface area (Å²) in [6.45, 7) is 0. The minimum atomic E-state index is 0.125. The summed E-state index contributed by atoms with van der Waals surface area (Å²) in [5, 5.41) is 0. The first-order valence-corrected chi connectivity index (χ1v) is 4.69. The van der Waals surface area contributed by atoms with Crippen LogP contribution in [0, 0.1) is 0 Å². The van der Waals surface area contributed by atoms with Crippen LogP contribution >= 0.6 is 0 Å². The van der Waals surface area contributed by atoms with Crippen LogP contribution in [0.5, 0.6) is 11.5 Å². The van der Waals surface area contributed by atoms with E-state index in [0.717, 1.165) is 5.56 Å². The quantitative estimate of drug-likeness (QED) is 0.855. The second kappa shape index (κ2) is 4.14. The molecule has 5 heteroatoms. The number of nitrogens with two attached hydrogens (primary N) is 1. The van der Waals surface area contributed by atoms with Gasteiger partial charge in [0.2, 0.25) is 0 Å². The predicted molar refractivity (Wildman–Crippen MR) is 59.5 cm³/mol. The van der Waals surface area contributed by atoms with Gasteiger partial charge in [0.1, 0.15) is 0 Å². The van der Waals surface area contributed by atoms with Crippen molar-refractivity contribution >= 4 is 6.01 Å². The number of hydrogen-bond donors (Lipinski definition) is 1. The van der Waals surface area contributed by atoms with Crippen molar-refractivity contribution in [3.8, 4) is 22.8 Å². The number of oxazole rings is 1. The van der Waals surface area contributed by atoms with E-state index >= 15 is 0 Å². The molecule has 0 atom stereocenters. The summed E-state index contributed by atoms with van der Waals surface area (Å²) in [5.74, 6) is 1.78. The molecule has 84 valence electrons. The average Bonchev–Trinajstić information content (AvgIpc) is 2.74. The van der Waals surface area contributed by atoms with Crippen molar-refractivity contribution < 1.29 is 13.9 Å². The molecule has 0 saturated carbocycles. The highest BCUT2D eigenvalue weighted by Crippen LogP contribution is 2.38. The van der Waals surface area contributed by atoms with Crippen molar-refractivity contribution in [2.45, 2.75) is 0 Å². The molecule has 2 N–H and O–H groups in total. The normalized spacial score (nSPS) is 10.1. The third-order valence-corrected chi connectivity index (χ3v) is 2.19. The highest BCUT2D eigenvalue weighted by Gasteiger charge is 2.14. The van der Waals surface area contributed by atoms with Gasteiger partial charge in [-0.25, -0.2) is 4.98 Å². The lowest BCUT2D eigenvalue weighted by Gasteiger charge is -2.10. The number of anilines is 1. The molecule has 0 radical (unpaired) electrons. The lowest BCUT2D eigenvalue weighted by molar-refractivity contribution is 0.355. The first-order chi connectivity index (χ1) is 7.76. The minimum Gasteiger partial charge on any atom is -0.493 e. The maximum Gasteiger partial charge on any atom is 0.292 e. The highest BCUT2D eigenvalue weighted by molar-refractivity contribution is 5.69. The highest BCUT2D eigenvalue weighted by atomic mass is 16.5. The number of aromatic nitrogens is 1. The molecule has 0 aliphatic rings. The van der Waals surface area contributed by atoms with Gasteiger partial charge in [0.25, 0.3) is 6.01 Å². The van der Waals surface area contributed by atoms with E-state index < -0.39 is 0 Å². The van der Waals surface area contributed by atoms with Gasteiger partial charge in [-0.2, -0.15) is 0 Å². The Hall–Kier alpha value is -2.17. The van der Waals surface area contributed by atoms with Crippen LogP contribution in [0.2, 0.25) is 0 Å². The van der Waals surface area contributed by atoms with Crippen LogP contribution < -0.4 is 15.2 Å². The van der Waals surface area contributed by atoms with Crippen molar-refractivity contribution in [1.82, 2.24) is 4.98 Å². The number of methoxy groups -OCH3 is 2. The second-order valence-electron chi connectivity index (χ2n) is 3.10. The van der Waals surface area contributed by atoms with E-state index in [4.69, 9.17) is 19.6 Å². The maximum absolute atomic E-state index is 5.43. The molecule has 16 heavy (non-hydrogen) atoms. The van der Waals surface area contributed by atoms with Crippen LogP contribution in [0.25, 0.3) is 11.3 Å². The number of rotatable bonds is 3. The molecular formula is C11H12N2O3. The van der Waals surface area contributed by atoms with Gasteiger partial charge in [-0.3, -0.25) is 0 Å². The number of ether oxygens (including phenoxy) is 2. The van der Waals surface area contributed by atoms with Crippen molar-refractivity contribution in [3.63, 3.8) is 0 Å². The number of nitrogens with zero attached hydrogens (tertiary/aromatic N) is 1. The first-order valence-electron chi connectivity index (χ1n) is 4.69. The summed E-state index contributed by atoms with van der Waals surface area (Å²) in [6.07, 6.45) is 1.55. The standard InChI is InChI=1S/C11H12N2O3/c1-14-8-5-3-4-7(10(8)15-2)9-6-13-11(12)16-9/h3-6H,1-2H3,(H2,12,13). The van der Waals surface area contributed by atoms with Crippen molar-refractivity contribution in [1.29, 1.82) is 0 Å². The zero-order valence-corrected chi connectivity index (χ0v) is 9.06. The smallest absolute Gasteiger partial charge is 0.292 e. The Morgan fingerprint density at radius 2 is 2.06 bits per heavy atom. The van der Waals surface area contributed by atoms with Crippen LogP contribution in [0.3, 0.4) is 0 Å². The van der Waals surface area contributed by atoms with Crippen molar-refractivity contribution in [2.75, 3.05) is 20.0 Å². The molecule has 0 amide bonds. The molecule has 0 unspecified atom stereocenters. The lowest BCUT2D eigenvalue weighted by atomic mass is 10.1. The van der Waals surface area contributed by atoms with Crippen LogP contribution in [0.15, 0.2) is 28.8 Å². The van der Waals surface area contributed by atoms with Crippen molar-refractivity contribution in [2.24, 2.45) is 0 Å². The van der Waals surface area contributed by atoms with Gasteiger partial charge in [-0.1, -0.05) is 6.07 Å². The zero-order valence-electron chi connectivity index (χ0n) is 9.06. The Morgan fingerprint density at radius 3 is 2.62 bits per heavy atom. The Morgan fingerprint density at radius 1 is 1.25 bits per heavy atom. The van der Waals surface area contributed by atoms with Gasteiger partial charge in [-0.15, -0.1) is 0 Å². The summed E-state index contributed by atoms with van der Waals surface area (Å²) in [7, 11) is 3.15. The third-order valence-electron chi connectivity index (χ3n) is 2.19. The molecule has 0 aliphatic carbocycles. The summed E-state index contributed by atoms with van der Waals surface area (Å²) in [6, 6.07) is 5.62. The van der Waals surface area contributed by atoms with Crippen LogP contribution in [0.1, 0.15) is 0 Å². The Balaban J connectivity index is 2.56. The second-order valence-corrected chi connectivity index (χ2v) is 3.10. The fraction of sp³-hybridized carbons (Fsp3) is 0.182. The van der Waals surface area contributed by atoms with E-state index in [1.54, 1.807) is 20.4 Å². The molecular weight excluding hydrogens is 208 g/mol. The Labute approximate surface area is 92.8 Å². The largest absolute Gasteiger partial charge is 0.493 e. The van der Waals surface area contributed by atoms with E-state index in [0.29, 0.717) is 17.3 Å². The van der Waals surface area contributed by atoms with E-state index in [2.05, 4.69) is 4.98 Å². The van der Waals surface area contributed by atoms with Gasteiger partial charge in [0.15, 0.2) is 17.3 Å². The molecule has 1 heterocycles. The fourth-order valence-corrected chi connectivity index (χ4v) is 1.49. The van der Waals surface area contributed by atoms with Crippen LogP contribution in [-0.4, -0.2) is 19.2 Å². The molecule has 0 saturated heterocycles. The molecule has 1 aromatic heterocycles. The fourth-order valence-electron chi connectivity index (χ4n) is 1.49. The van der Waals surface area contributed by atoms with E-state index in [-0.39, 0.29) is 6.01 Å². The number of para-hydroxylation sites is 1. The monoisotopic (exact) mass is 220 g/mol. The molecule has 0 spiro atoms. The molecule has 1 aromatic carbocycles. The van der Waals surface area contributed by atoms with Gasteiger partial charge in [0.05, 0.1) is 26.0 Å². The molecule has 0 bridgehead atoms. The van der Waals surface area contributed by atoms with Gasteiger partial charge >= 0.3 is 0 Å². The van der Waals surface area contributed by atoms with Gasteiger partial charge in [0, 0.05) is 0 Å². The minimum absolute atomic E-state index is 0.125. The molecule has 0 aliphatic heterocycles. The van der Waals surface area contributed by atoms with E-state index in [9.17, 15) is 0 Å². The molecule has 2 aromatic rings. The molecule has 2 rings (SSSR count). The first kappa shape index (κ1) is 10.4. The molecule has 5 nitrogen and oxygen atoms in total. The number of hydrogen-bond acceptors (Lipinski definition) is 5. The summed E-state index contributed by atoms with van der Waals surface area (Å²) in [5.41, 5.74) is 6.18. The van der Waals surface area contributed by atoms with Crippen LogP contribution in [-0.2, 0) is 0 Å². The zero-order chi connectivity index (χ0) is 11.5. The Bertz CT molecular complexity index is 494. The van der Waals surface area contributed by atoms with E-state index in [1.165, 1.54) is 0 Å². The average molecular weight is 220 g/mol. The lowest BCUT2D eigenvalue weighted by Crippen LogP contribution is -1.92. The summed E-state index contributed by atoms with van der Waals surface area (Å²) in [4.78, 5) is 3.84. The summed E-state index contributed by atoms with van der Waals surface area (Å²) < 4.78 is 15.7. The summed E-state index contributed by atoms with van der Waals surface area (Å²) >= 11 is 0. The van der Waals surface area contributed by atoms with Crippen molar-refractivity contribution in [3.05, 3.63) is 24.4 Å². The topological polar surface area (TPSA) is 70.5 Å². The van der Waals surface area contributed by atoms with Crippen LogP contribution in [0.4, 0.5) is 6.01 Å². The SMILES string of the molecule is COc1cccc(-c2cnc(N)o2)c1OC. The van der Waals surface area contributed by atoms with E-state index in [1.807, 2.05) is 18.2 Å². The third kappa shape index (κ3) is 1.67. The predicted octanol–water partition coefficient (Wildman–Crippen LogP) is 1.94. The van der Waals surface area contributed by atoms with Gasteiger partial charge in [-0.05, 0) is 12.1 Å². The maximum atomic E-state index is 5.43. The molecule has 0 fully saturated rings.